The Kier molecular flexibility index (Phi) is 91100000. The van der Waals surface area contributed by atoms with Gasteiger partial charge in [-0.15, -0.1) is 0 Å². The smallest absolute Gasteiger partial charge is 0.870 e. The summed E-state index contributed by atoms with van der Waals surface area (Å²) in [5.41, 5.74) is 0. The van der Waals surface area contributed by atoms with Crippen LogP contribution < -0.4 is 0 Å². The van der Waals surface area contributed by atoms with E-state index < -0.39 is 0 Å². The summed E-state index contributed by atoms with van der Waals surface area (Å²) in [7, 11) is 0. The molecule has 0 saturated heterocycles. The Bertz CT molecular complexity index is 26.9. The van der Waals surface area contributed by atoms with Crippen molar-refractivity contribution in [1.29, 1.82) is 0 Å². The minimum Gasteiger partial charge on any atom is -0.870 e. The molecule has 0 aliphatic rings. The summed E-state index contributed by atoms with van der Waals surface area (Å²) in [6.07, 6.45) is 0. The van der Waals surface area contributed by atoms with E-state index in [4.69, 9.17) is 0 Å². The average molecular weight is 560 g/mol. The first-order valence-corrected chi connectivity index (χ1v) is 0. The molecule has 28 heavy (non-hydrogen) atoms. The Hall–Kier alpha value is 0.641. The van der Waals surface area contributed by atoms with Crippen LogP contribution in [0.1, 0.15) is 44.6 Å². The predicted octanol–water partition coefficient (Wildman–Crippen LogP) is -12.6. The molecule has 216 valence electrons. The van der Waals surface area contributed by atoms with Crippen LogP contribution in [-0.4, -0.2) is 160 Å². The van der Waals surface area contributed by atoms with Crippen molar-refractivity contribution < 1.29 is 115 Å². The van der Waals surface area contributed by atoms with Crippen LogP contribution >= 0.6 is 0 Å². The topological polar surface area (TPSA) is 658 Å². The summed E-state index contributed by atoms with van der Waals surface area (Å²) in [5, 5.41) is 0. The first kappa shape index (κ1) is 53300. The van der Waals surface area contributed by atoms with Gasteiger partial charge in [0.05, 0.1) is 0 Å². The normalized spacial score (nSPS) is 0. The van der Waals surface area contributed by atoms with Crippen LogP contribution in [0.15, 0.2) is 0 Å². The van der Waals surface area contributed by atoms with Crippen molar-refractivity contribution in [1.82, 2.24) is 0 Å². The molecule has 0 fully saturated rings. The summed E-state index contributed by atoms with van der Waals surface area (Å²) in [6.45, 7) is 0. The largest absolute Gasteiger partial charge is 2.00 e. The zero-order chi connectivity index (χ0) is 0. The predicted molar refractivity (Wildman–Crippen MR) is 119 cm³/mol. The number of rotatable bonds is 0. The van der Waals surface area contributed by atoms with E-state index in [1.54, 1.807) is 0 Å². The maximum atomic E-state index is 0. The molecule has 40 N–H and O–H groups in total. The van der Waals surface area contributed by atoms with Gasteiger partial charge in [0.15, 0.2) is 0 Å². The Morgan fingerprint density at radius 1 is 0.143 bits per heavy atom. The first-order chi connectivity index (χ1) is 0. The van der Waals surface area contributed by atoms with Crippen LogP contribution in [0.4, 0.5) is 0 Å². The molecule has 0 aromatic rings. The van der Waals surface area contributed by atoms with E-state index in [-0.39, 0.29) is 205 Å². The maximum Gasteiger partial charge on any atom is 2.00 e. The van der Waals surface area contributed by atoms with E-state index in [1.165, 1.54) is 0 Å². The monoisotopic (exact) mass is 560 g/mol. The van der Waals surface area contributed by atoms with Gasteiger partial charge in [-0.2, -0.15) is 0 Å². The molecule has 0 aliphatic heterocycles. The summed E-state index contributed by atoms with van der Waals surface area (Å²) >= 11 is 0. The van der Waals surface area contributed by atoms with Gasteiger partial charge in [0.25, 0.3) is 0 Å². The van der Waals surface area contributed by atoms with Gasteiger partial charge in [-0.05, 0) is 0 Å². The maximum absolute atomic E-state index is 0. The molecule has 0 aromatic heterocycles. The first-order valence-electron chi connectivity index (χ1n) is 0. The quantitative estimate of drug-likeness (QED) is 0.260. The average Bonchev–Trinajstić information content (AvgIpc) is 0. The van der Waals surface area contributed by atoms with Gasteiger partial charge in [0.1, 0.15) is 0 Å². The fourth-order valence-corrected chi connectivity index (χ4v) is 0. The molecule has 0 atom stereocenters. The third-order valence-electron chi connectivity index (χ3n) is 0. The van der Waals surface area contributed by atoms with Crippen molar-refractivity contribution in [2.75, 3.05) is 0 Å². The van der Waals surface area contributed by atoms with Gasteiger partial charge < -0.3 is 115 Å². The summed E-state index contributed by atoms with van der Waals surface area (Å²) < 4.78 is 0. The molecule has 0 aromatic carbocycles. The minimum atomic E-state index is 0. The van der Waals surface area contributed by atoms with E-state index in [0.717, 1.165) is 0 Å². The van der Waals surface area contributed by atoms with Crippen molar-refractivity contribution in [3.8, 4) is 0 Å². The molecule has 22 heteroatoms. The Morgan fingerprint density at radius 2 is 0.143 bits per heavy atom. The van der Waals surface area contributed by atoms with Crippen LogP contribution in [0.25, 0.3) is 0 Å². The molecule has 0 aliphatic carbocycles. The van der Waals surface area contributed by atoms with Crippen molar-refractivity contribution in [2.45, 2.75) is 44.6 Å². The second-order valence-electron chi connectivity index (χ2n) is 0. The van der Waals surface area contributed by atoms with Crippen LogP contribution in [0.2, 0.25) is 0 Å². The van der Waals surface area contributed by atoms with Crippen LogP contribution in [0.3, 0.4) is 0 Å². The molecule has 0 amide bonds. The second kappa shape index (κ2) is 47800. The fourth-order valence-electron chi connectivity index (χ4n) is 0. The summed E-state index contributed by atoms with van der Waals surface area (Å²) in [4.78, 5) is 0. The van der Waals surface area contributed by atoms with E-state index in [1.807, 2.05) is 0 Å². The summed E-state index contributed by atoms with van der Waals surface area (Å²) in [6, 6.07) is 0. The van der Waals surface area contributed by atoms with Crippen molar-refractivity contribution >= 4 is 45.5 Å². The second-order valence-corrected chi connectivity index (χ2v) is 0. The van der Waals surface area contributed by atoms with Crippen LogP contribution in [0.5, 0.6) is 0 Å². The van der Waals surface area contributed by atoms with Crippen molar-refractivity contribution in [3.63, 3.8) is 0 Å². The fraction of sp³-hybridized carbons (Fsp3) is 1.00. The summed E-state index contributed by atoms with van der Waals surface area (Å²) in [5.74, 6) is 0. The van der Waals surface area contributed by atoms with E-state index in [0.29, 0.717) is 0 Å². The number of hydrogen-bond donors (Lipinski definition) is 0. The van der Waals surface area contributed by atoms with Gasteiger partial charge in [-0.1, -0.05) is 44.6 Å². The zero-order valence-corrected chi connectivity index (χ0v) is 14.6. The van der Waals surface area contributed by atoms with Gasteiger partial charge in [0, 0.05) is 0 Å². The van der Waals surface area contributed by atoms with Crippen LogP contribution in [-0.2, 0) is 0 Å². The standard InChI is InChI=1S/6CH4.21H2O.Sr/h6*1H4;21*1H2;/q;;;;;;;;;;;;;;;;;;;;;;;;;;;+2/p-2. The SMILES string of the molecule is C.C.C.C.C.C.O.O.O.O.O.O.O.O.O.O.O.O.O.O.O.O.O.O.O.[OH-].[OH-].[Sr+2]. The number of hydrogen-bond acceptors (Lipinski definition) is 2. The van der Waals surface area contributed by atoms with Gasteiger partial charge in [0.2, 0.25) is 0 Å². The molecule has 0 unspecified atom stereocenters. The molecule has 0 saturated carbocycles. The van der Waals surface area contributed by atoms with Crippen molar-refractivity contribution in [2.24, 2.45) is 0 Å². The Morgan fingerprint density at radius 3 is 0.143 bits per heavy atom. The molecular formula is C6H64O21Sr. The Labute approximate surface area is 204 Å². The Balaban J connectivity index is 0. The van der Waals surface area contributed by atoms with E-state index in [2.05, 4.69) is 0 Å². The van der Waals surface area contributed by atoms with Crippen molar-refractivity contribution in [3.05, 3.63) is 0 Å². The molecule has 0 bridgehead atoms. The minimum absolute atomic E-state index is 0. The third kappa shape index (κ3) is 42700. The third-order valence-corrected chi connectivity index (χ3v) is 0. The molecule has 0 heterocycles. The molecule has 0 radical (unpaired) electrons. The molecule has 0 rings (SSSR count). The van der Waals surface area contributed by atoms with Crippen LogP contribution in [0, 0.1) is 0 Å². The zero-order valence-electron chi connectivity index (χ0n) is 11.1. The molecule has 0 spiro atoms. The van der Waals surface area contributed by atoms with Gasteiger partial charge in [-0.3, -0.25) is 0 Å². The van der Waals surface area contributed by atoms with E-state index >= 15 is 0 Å². The van der Waals surface area contributed by atoms with Gasteiger partial charge >= 0.3 is 45.5 Å². The molecular weight excluding hydrogens is 496 g/mol. The van der Waals surface area contributed by atoms with E-state index in [9.17, 15) is 0 Å². The van der Waals surface area contributed by atoms with Gasteiger partial charge in [-0.25, -0.2) is 0 Å². The molecule has 21 nitrogen and oxygen atoms in total.